The number of sulfone groups is 1. The fourth-order valence-corrected chi connectivity index (χ4v) is 9.79. The molecule has 2 amide bonds. The number of alkyl halides is 8. The Kier molecular flexibility index (Phi) is 14.1. The number of hydrogen-bond donors (Lipinski definition) is 2. The van der Waals surface area contributed by atoms with E-state index in [4.69, 9.17) is 11.6 Å². The molecule has 0 bridgehead atoms. The molecule has 15 nitrogen and oxygen atoms in total. The summed E-state index contributed by atoms with van der Waals surface area (Å²) in [5.41, 5.74) is -6.31. The number of benzene rings is 2. The summed E-state index contributed by atoms with van der Waals surface area (Å²) in [5.74, 6) is -8.39. The van der Waals surface area contributed by atoms with Gasteiger partial charge in [-0.1, -0.05) is 23.6 Å². The minimum Gasteiger partial charge on any atom is -0.469 e. The zero-order valence-corrected chi connectivity index (χ0v) is 40.1. The third kappa shape index (κ3) is 11.3. The topological polar surface area (TPSA) is 201 Å². The number of ether oxygens (including phenoxy) is 1. The number of carbonyl (C=O) groups is 3. The van der Waals surface area contributed by atoms with Crippen molar-refractivity contribution in [3.63, 3.8) is 0 Å². The zero-order valence-electron chi connectivity index (χ0n) is 37.7. The van der Waals surface area contributed by atoms with Crippen molar-refractivity contribution in [3.8, 4) is 23.0 Å². The predicted molar refractivity (Wildman–Crippen MR) is 235 cm³/mol. The average Bonchev–Trinajstić information content (AvgIpc) is 3.77. The first-order chi connectivity index (χ1) is 33.2. The molecule has 0 unspecified atom stereocenters. The molecule has 0 spiro atoms. The number of fused-ring (bicyclic) bond motifs is 4. The van der Waals surface area contributed by atoms with E-state index < -0.39 is 168 Å². The van der Waals surface area contributed by atoms with Crippen LogP contribution >= 0.6 is 11.6 Å². The van der Waals surface area contributed by atoms with Crippen LogP contribution in [0.15, 0.2) is 42.5 Å². The van der Waals surface area contributed by atoms with Gasteiger partial charge in [0.25, 0.3) is 5.92 Å². The Morgan fingerprint density at radius 1 is 0.931 bits per heavy atom. The van der Waals surface area contributed by atoms with E-state index in [1.54, 1.807) is 4.72 Å². The van der Waals surface area contributed by atoms with Crippen LogP contribution < -0.4 is 10.0 Å². The van der Waals surface area contributed by atoms with E-state index in [1.165, 1.54) is 19.9 Å². The molecule has 5 aromatic rings. The molecule has 2 aliphatic rings. The zero-order chi connectivity index (χ0) is 53.3. The second kappa shape index (κ2) is 19.0. The van der Waals surface area contributed by atoms with Crippen molar-refractivity contribution in [2.24, 2.45) is 5.92 Å². The molecule has 0 saturated heterocycles. The maximum Gasteiger partial charge on any atom is 0.435 e. The first-order valence-corrected chi connectivity index (χ1v) is 25.0. The fourth-order valence-electron chi connectivity index (χ4n) is 8.21. The van der Waals surface area contributed by atoms with Crippen molar-refractivity contribution >= 4 is 60.1 Å². The molecular weight excluding hydrogens is 1040 g/mol. The van der Waals surface area contributed by atoms with E-state index in [1.807, 2.05) is 0 Å². The number of methoxy groups -OCH3 is 1. The summed E-state index contributed by atoms with van der Waals surface area (Å²) in [7, 11) is -7.71. The van der Waals surface area contributed by atoms with Gasteiger partial charge in [-0.3, -0.25) is 28.5 Å². The maximum atomic E-state index is 15.6. The van der Waals surface area contributed by atoms with Gasteiger partial charge in [0.15, 0.2) is 15.5 Å². The van der Waals surface area contributed by atoms with E-state index in [0.717, 1.165) is 43.7 Å². The molecule has 3 heterocycles. The summed E-state index contributed by atoms with van der Waals surface area (Å²) >= 11 is 6.56. The number of aromatic nitrogens is 5. The van der Waals surface area contributed by atoms with E-state index in [0.29, 0.717) is 10.7 Å². The van der Waals surface area contributed by atoms with E-state index in [2.05, 4.69) is 37.1 Å². The minimum atomic E-state index is -5.22. The minimum absolute atomic E-state index is 0.192. The van der Waals surface area contributed by atoms with Crippen LogP contribution in [0.5, 0.6) is 0 Å². The number of rotatable bonds is 15. The second-order valence-corrected chi connectivity index (χ2v) is 22.2. The van der Waals surface area contributed by atoms with E-state index in [-0.39, 0.29) is 38.5 Å². The Morgan fingerprint density at radius 2 is 1.58 bits per heavy atom. The van der Waals surface area contributed by atoms with Crippen LogP contribution in [0, 0.1) is 29.4 Å². The van der Waals surface area contributed by atoms with Crippen molar-refractivity contribution in [3.05, 3.63) is 98.7 Å². The molecular formula is C44H38ClF10N7O8S2. The Labute approximate surface area is 407 Å². The maximum absolute atomic E-state index is 15.6. The summed E-state index contributed by atoms with van der Waals surface area (Å²) in [6, 6.07) is 4.88. The molecule has 3 atom stereocenters. The molecule has 1 saturated carbocycles. The predicted octanol–water partition coefficient (Wildman–Crippen LogP) is 7.19. The summed E-state index contributed by atoms with van der Waals surface area (Å²) in [4.78, 5) is 42.7. The van der Waals surface area contributed by atoms with Gasteiger partial charge in [0.1, 0.15) is 46.6 Å². The highest BCUT2D eigenvalue weighted by atomic mass is 35.5. The van der Waals surface area contributed by atoms with Crippen molar-refractivity contribution in [1.82, 2.24) is 34.6 Å². The molecule has 2 N–H and O–H groups in total. The van der Waals surface area contributed by atoms with Crippen molar-refractivity contribution in [2.45, 2.75) is 93.4 Å². The van der Waals surface area contributed by atoms with Gasteiger partial charge in [-0.2, -0.15) is 45.3 Å². The lowest BCUT2D eigenvalue weighted by atomic mass is 9.93. The number of sulfonamides is 1. The molecule has 1 fully saturated rings. The molecule has 72 heavy (non-hydrogen) atoms. The number of carbonyl (C=O) groups excluding carboxylic acids is 3. The molecule has 2 aliphatic carbocycles. The number of pyridine rings is 1. The molecule has 2 aromatic carbocycles. The van der Waals surface area contributed by atoms with Gasteiger partial charge in [0, 0.05) is 46.7 Å². The van der Waals surface area contributed by atoms with Gasteiger partial charge in [0.05, 0.1) is 41.5 Å². The average molecular weight is 1080 g/mol. The lowest BCUT2D eigenvalue weighted by molar-refractivity contribution is -0.143. The van der Waals surface area contributed by atoms with E-state index >= 15 is 8.78 Å². The van der Waals surface area contributed by atoms with Crippen LogP contribution in [0.4, 0.5) is 43.9 Å². The fraction of sp³-hybridized carbons (Fsp3) is 0.409. The van der Waals surface area contributed by atoms with Crippen LogP contribution in [0.1, 0.15) is 84.7 Å². The Balaban J connectivity index is 1.42. The second-order valence-electron chi connectivity index (χ2n) is 17.5. The third-order valence-corrected chi connectivity index (χ3v) is 15.2. The first kappa shape index (κ1) is 53.5. The standard InChI is InChI=1S/C44H38ClF10N7O8S2/c1-41(2,71(4,66)67)12-11-24-5-6-25(26-7-8-29(45)36-31(58-62(38(26)36)20-42(48,49)50)19-72(68,69)60-32(63)9-10-34(65)70-3)37(56-24)30(15-21-13-22(46)16-23(47)14-21)57-33(64)18-61-40-35(39(59-61)44(53,54)55)27-17-28(27)43(40,51)52/h5-8,13-14,16,27-28,30H,9-10,15,17-20H2,1-4H3,(H,57,64)(H,60,63)/t27-,28+,30-/m0/s1. The summed E-state index contributed by atoms with van der Waals surface area (Å²) in [6.45, 7) is -0.738. The number of hydrogen-bond acceptors (Lipinski definition) is 11. The van der Waals surface area contributed by atoms with Crippen LogP contribution in [-0.2, 0) is 76.3 Å². The SMILES string of the molecule is COC(=O)CCC(=O)NS(=O)(=O)Cc1nn(CC(F)(F)F)c2c(-c3ccc(C#CC(C)(C)S(C)(=O)=O)nc3[C@H](Cc3cc(F)cc(F)c3)NC(=O)Cn3nc(C(F)(F)F)c4c3C(F)(F)[C@@H]3C[C@H]43)ccc(Cl)c12. The number of nitrogens with one attached hydrogen (secondary N) is 2. The Morgan fingerprint density at radius 3 is 2.19 bits per heavy atom. The molecule has 386 valence electrons. The highest BCUT2D eigenvalue weighted by Crippen LogP contribution is 2.68. The van der Waals surface area contributed by atoms with Gasteiger partial charge in [-0.05, 0) is 74.4 Å². The lowest BCUT2D eigenvalue weighted by Gasteiger charge is -2.23. The van der Waals surface area contributed by atoms with Crippen LogP contribution in [0.2, 0.25) is 5.02 Å². The molecule has 0 radical (unpaired) electrons. The smallest absolute Gasteiger partial charge is 0.435 e. The molecule has 7 rings (SSSR count). The van der Waals surface area contributed by atoms with Gasteiger partial charge in [-0.15, -0.1) is 0 Å². The Bertz CT molecular complexity index is 3330. The number of nitrogens with zero attached hydrogens (tertiary/aromatic N) is 5. The third-order valence-electron chi connectivity index (χ3n) is 11.8. The summed E-state index contributed by atoms with van der Waals surface area (Å²) < 4.78 is 203. The largest absolute Gasteiger partial charge is 0.469 e. The van der Waals surface area contributed by atoms with Gasteiger partial charge in [0.2, 0.25) is 21.8 Å². The van der Waals surface area contributed by atoms with Crippen molar-refractivity contribution in [1.29, 1.82) is 0 Å². The van der Waals surface area contributed by atoms with Gasteiger partial charge < -0.3 is 10.1 Å². The van der Waals surface area contributed by atoms with E-state index in [9.17, 15) is 66.3 Å². The number of amides is 2. The highest BCUT2D eigenvalue weighted by molar-refractivity contribution is 7.92. The molecule has 28 heteroatoms. The Hall–Kier alpha value is -6.27. The van der Waals surface area contributed by atoms with Crippen LogP contribution in [0.25, 0.3) is 22.0 Å². The summed E-state index contributed by atoms with van der Waals surface area (Å²) in [6.07, 6.45) is -11.6. The van der Waals surface area contributed by atoms with Crippen LogP contribution in [-0.4, -0.2) is 83.5 Å². The lowest BCUT2D eigenvalue weighted by Crippen LogP contribution is -2.35. The first-order valence-electron chi connectivity index (χ1n) is 21.1. The van der Waals surface area contributed by atoms with Gasteiger partial charge >= 0.3 is 18.3 Å². The highest BCUT2D eigenvalue weighted by Gasteiger charge is 2.68. The number of esters is 1. The van der Waals surface area contributed by atoms with Crippen LogP contribution in [0.3, 0.4) is 0 Å². The number of halogens is 11. The molecule has 0 aliphatic heterocycles. The normalized spacial score (nSPS) is 16.9. The van der Waals surface area contributed by atoms with Crippen molar-refractivity contribution < 1.29 is 79.9 Å². The molecule has 3 aromatic heterocycles. The summed E-state index contributed by atoms with van der Waals surface area (Å²) in [5, 5.41) is 8.90. The van der Waals surface area contributed by atoms with Crippen molar-refractivity contribution in [2.75, 3.05) is 13.4 Å². The van der Waals surface area contributed by atoms with Gasteiger partial charge in [-0.25, -0.2) is 30.6 Å². The quantitative estimate of drug-likeness (QED) is 0.0611. The monoisotopic (exact) mass is 1080 g/mol.